The van der Waals surface area contributed by atoms with Crippen LogP contribution in [0.3, 0.4) is 0 Å². The van der Waals surface area contributed by atoms with Gasteiger partial charge in [0.2, 0.25) is 5.91 Å². The molecule has 1 aromatic carbocycles. The van der Waals surface area contributed by atoms with Gasteiger partial charge >= 0.3 is 0 Å². The first-order valence-electron chi connectivity index (χ1n) is 6.92. The quantitative estimate of drug-likeness (QED) is 0.651. The van der Waals surface area contributed by atoms with Gasteiger partial charge in [-0.2, -0.15) is 0 Å². The Labute approximate surface area is 132 Å². The summed E-state index contributed by atoms with van der Waals surface area (Å²) in [6.45, 7) is 2.13. The lowest BCUT2D eigenvalue weighted by Gasteiger charge is -2.09. The van der Waals surface area contributed by atoms with Gasteiger partial charge in [0.1, 0.15) is 5.75 Å². The van der Waals surface area contributed by atoms with E-state index in [1.807, 2.05) is 31.3 Å². The van der Waals surface area contributed by atoms with Gasteiger partial charge in [0.15, 0.2) is 0 Å². The number of benzene rings is 1. The third-order valence-corrected chi connectivity index (χ3v) is 2.71. The van der Waals surface area contributed by atoms with Crippen LogP contribution in [-0.2, 0) is 9.53 Å². The summed E-state index contributed by atoms with van der Waals surface area (Å²) in [6, 6.07) is 7.44. The van der Waals surface area contributed by atoms with Crippen molar-refractivity contribution in [2.75, 3.05) is 39.2 Å². The highest BCUT2D eigenvalue weighted by Crippen LogP contribution is 2.17. The summed E-state index contributed by atoms with van der Waals surface area (Å²) in [5, 5.41) is 5.89. The highest BCUT2D eigenvalue weighted by Gasteiger charge is 2.03. The van der Waals surface area contributed by atoms with Crippen molar-refractivity contribution in [3.05, 3.63) is 24.3 Å². The fraction of sp³-hybridized carbons (Fsp3) is 0.533. The van der Waals surface area contributed by atoms with Crippen LogP contribution in [0.4, 0.5) is 5.69 Å². The highest BCUT2D eigenvalue weighted by molar-refractivity contribution is 5.90. The average Bonchev–Trinajstić information content (AvgIpc) is 2.44. The number of halogens is 1. The molecule has 21 heavy (non-hydrogen) atoms. The summed E-state index contributed by atoms with van der Waals surface area (Å²) in [7, 11) is 3.55. The maximum absolute atomic E-state index is 11.7. The van der Waals surface area contributed by atoms with Crippen LogP contribution in [0, 0.1) is 0 Å². The van der Waals surface area contributed by atoms with Crippen molar-refractivity contribution in [1.82, 2.24) is 5.32 Å². The molecule has 0 radical (unpaired) electrons. The summed E-state index contributed by atoms with van der Waals surface area (Å²) >= 11 is 0. The topological polar surface area (TPSA) is 59.6 Å². The molecule has 0 saturated carbocycles. The Bertz CT molecular complexity index is 402. The molecule has 1 rings (SSSR count). The van der Waals surface area contributed by atoms with Crippen LogP contribution in [0.5, 0.6) is 5.75 Å². The minimum absolute atomic E-state index is 0. The zero-order valence-electron chi connectivity index (χ0n) is 12.7. The number of hydrogen-bond acceptors (Lipinski definition) is 4. The molecule has 6 heteroatoms. The zero-order valence-corrected chi connectivity index (χ0v) is 13.5. The highest BCUT2D eigenvalue weighted by atomic mass is 35.5. The molecule has 0 atom stereocenters. The molecular formula is C15H25ClN2O3. The summed E-state index contributed by atoms with van der Waals surface area (Å²) in [5.41, 5.74) is 0.767. The molecule has 0 saturated heterocycles. The van der Waals surface area contributed by atoms with Crippen LogP contribution in [0.15, 0.2) is 24.3 Å². The van der Waals surface area contributed by atoms with Crippen LogP contribution in [0.2, 0.25) is 0 Å². The van der Waals surface area contributed by atoms with Crippen LogP contribution < -0.4 is 15.4 Å². The second-order valence-electron chi connectivity index (χ2n) is 4.48. The van der Waals surface area contributed by atoms with Crippen LogP contribution in [0.25, 0.3) is 0 Å². The molecule has 1 amide bonds. The van der Waals surface area contributed by atoms with Crippen LogP contribution in [-0.4, -0.2) is 39.8 Å². The van der Waals surface area contributed by atoms with Crippen LogP contribution in [0.1, 0.15) is 19.3 Å². The molecular weight excluding hydrogens is 292 g/mol. The van der Waals surface area contributed by atoms with E-state index in [2.05, 4.69) is 10.6 Å². The lowest BCUT2D eigenvalue weighted by molar-refractivity contribution is -0.116. The molecule has 2 N–H and O–H groups in total. The van der Waals surface area contributed by atoms with Crippen molar-refractivity contribution in [2.24, 2.45) is 0 Å². The number of methoxy groups -OCH3 is 1. The Morgan fingerprint density at radius 3 is 2.76 bits per heavy atom. The summed E-state index contributed by atoms with van der Waals surface area (Å²) in [5.74, 6) is 0.783. The molecule has 0 aliphatic heterocycles. The van der Waals surface area contributed by atoms with Crippen molar-refractivity contribution >= 4 is 24.0 Å². The number of anilines is 1. The van der Waals surface area contributed by atoms with Gasteiger partial charge in [-0.3, -0.25) is 4.79 Å². The van der Waals surface area contributed by atoms with Crippen molar-refractivity contribution in [3.63, 3.8) is 0 Å². The lowest BCUT2D eigenvalue weighted by atomic mass is 10.2. The summed E-state index contributed by atoms with van der Waals surface area (Å²) < 4.78 is 10.5. The molecule has 0 fully saturated rings. The minimum atomic E-state index is 0. The van der Waals surface area contributed by atoms with Crippen LogP contribution >= 0.6 is 12.4 Å². The lowest BCUT2D eigenvalue weighted by Crippen LogP contribution is -2.15. The molecule has 0 unspecified atom stereocenters. The number of hydrogen-bond donors (Lipinski definition) is 2. The fourth-order valence-corrected chi connectivity index (χ4v) is 1.71. The van der Waals surface area contributed by atoms with Crippen molar-refractivity contribution in [3.8, 4) is 5.75 Å². The number of carbonyl (C=O) groups is 1. The second kappa shape index (κ2) is 12.4. The Kier molecular flexibility index (Phi) is 11.7. The van der Waals surface area contributed by atoms with E-state index in [4.69, 9.17) is 9.47 Å². The Morgan fingerprint density at radius 2 is 2.05 bits per heavy atom. The van der Waals surface area contributed by atoms with Gasteiger partial charge < -0.3 is 20.1 Å². The fourth-order valence-electron chi connectivity index (χ4n) is 1.71. The number of ether oxygens (including phenoxy) is 2. The Hall–Kier alpha value is -1.30. The van der Waals surface area contributed by atoms with E-state index < -0.39 is 0 Å². The maximum atomic E-state index is 11.7. The molecule has 5 nitrogen and oxygen atoms in total. The first-order valence-corrected chi connectivity index (χ1v) is 6.92. The number of nitrogens with one attached hydrogen (secondary N) is 2. The molecule has 0 spiro atoms. The zero-order chi connectivity index (χ0) is 14.6. The minimum Gasteiger partial charge on any atom is -0.493 e. The normalized spacial score (nSPS) is 9.81. The van der Waals surface area contributed by atoms with E-state index in [-0.39, 0.29) is 18.3 Å². The van der Waals surface area contributed by atoms with Gasteiger partial charge in [-0.05, 0) is 32.1 Å². The summed E-state index contributed by atoms with van der Waals surface area (Å²) in [4.78, 5) is 11.7. The van der Waals surface area contributed by atoms with E-state index in [9.17, 15) is 4.79 Å². The largest absolute Gasteiger partial charge is 0.493 e. The first kappa shape index (κ1) is 19.7. The van der Waals surface area contributed by atoms with Gasteiger partial charge in [0, 0.05) is 38.3 Å². The first-order chi connectivity index (χ1) is 9.76. The van der Waals surface area contributed by atoms with Gasteiger partial charge in [-0.15, -0.1) is 12.4 Å². The number of amides is 1. The van der Waals surface area contributed by atoms with E-state index in [1.165, 1.54) is 0 Å². The van der Waals surface area contributed by atoms with Gasteiger partial charge in [-0.1, -0.05) is 6.07 Å². The molecule has 0 bridgehead atoms. The Morgan fingerprint density at radius 1 is 1.24 bits per heavy atom. The van der Waals surface area contributed by atoms with E-state index in [0.29, 0.717) is 19.6 Å². The van der Waals surface area contributed by atoms with Gasteiger partial charge in [0.05, 0.1) is 6.61 Å². The predicted octanol–water partition coefficient (Wildman–Crippen LogP) is 2.46. The monoisotopic (exact) mass is 316 g/mol. The van der Waals surface area contributed by atoms with Gasteiger partial charge in [0.25, 0.3) is 0 Å². The molecule has 0 aromatic heterocycles. The maximum Gasteiger partial charge on any atom is 0.224 e. The standard InChI is InChI=1S/C15H24N2O3.ClH/c1-16-9-4-8-15(18)17-13-6-3-7-14(12-13)20-11-5-10-19-2;/h3,6-7,12,16H,4-5,8-11H2,1-2H3,(H,17,18);1H. The second-order valence-corrected chi connectivity index (χ2v) is 4.48. The van der Waals surface area contributed by atoms with Crippen molar-refractivity contribution in [2.45, 2.75) is 19.3 Å². The molecule has 0 aliphatic carbocycles. The van der Waals surface area contributed by atoms with E-state index >= 15 is 0 Å². The van der Waals surface area contributed by atoms with E-state index in [0.717, 1.165) is 30.8 Å². The molecule has 1 aromatic rings. The average molecular weight is 317 g/mol. The Balaban J connectivity index is 0.00000400. The SMILES string of the molecule is CNCCCC(=O)Nc1cccc(OCCCOC)c1.Cl. The smallest absolute Gasteiger partial charge is 0.224 e. The number of carbonyl (C=O) groups excluding carboxylic acids is 1. The molecule has 0 aliphatic rings. The molecule has 0 heterocycles. The predicted molar refractivity (Wildman–Crippen MR) is 87.5 cm³/mol. The molecule has 120 valence electrons. The third-order valence-electron chi connectivity index (χ3n) is 2.71. The van der Waals surface area contributed by atoms with Gasteiger partial charge in [-0.25, -0.2) is 0 Å². The summed E-state index contributed by atoms with van der Waals surface area (Å²) in [6.07, 6.45) is 2.19. The number of rotatable bonds is 10. The van der Waals surface area contributed by atoms with E-state index in [1.54, 1.807) is 7.11 Å². The third kappa shape index (κ3) is 9.28. The van der Waals surface area contributed by atoms with Crippen molar-refractivity contribution in [1.29, 1.82) is 0 Å². The van der Waals surface area contributed by atoms with Crippen molar-refractivity contribution < 1.29 is 14.3 Å².